The Balaban J connectivity index is 1.78. The summed E-state index contributed by atoms with van der Waals surface area (Å²) in [5.74, 6) is 0.737. The van der Waals surface area contributed by atoms with E-state index in [-0.39, 0.29) is 12.1 Å². The van der Waals surface area contributed by atoms with Gasteiger partial charge in [-0.3, -0.25) is 0 Å². The molecule has 0 radical (unpaired) electrons. The van der Waals surface area contributed by atoms with E-state index in [2.05, 4.69) is 35.1 Å². The second kappa shape index (κ2) is 6.77. The van der Waals surface area contributed by atoms with Gasteiger partial charge in [-0.2, -0.15) is 0 Å². The maximum absolute atomic E-state index is 12.7. The SMILES string of the molecule is CCC[C@@H]1c2cccn2CCN1C(=O)Nc1cccc(OC)c1. The van der Waals surface area contributed by atoms with Crippen molar-refractivity contribution in [2.24, 2.45) is 0 Å². The smallest absolute Gasteiger partial charge is 0.322 e. The molecule has 0 bridgehead atoms. The van der Waals surface area contributed by atoms with E-state index in [9.17, 15) is 4.79 Å². The van der Waals surface area contributed by atoms with Gasteiger partial charge in [0.2, 0.25) is 0 Å². The first-order valence-electron chi connectivity index (χ1n) is 8.09. The van der Waals surface area contributed by atoms with Crippen LogP contribution in [0.2, 0.25) is 0 Å². The Kier molecular flexibility index (Phi) is 4.55. The predicted molar refractivity (Wildman–Crippen MR) is 90.8 cm³/mol. The highest BCUT2D eigenvalue weighted by Crippen LogP contribution is 2.30. The van der Waals surface area contributed by atoms with E-state index in [1.165, 1.54) is 5.69 Å². The lowest BCUT2D eigenvalue weighted by atomic mass is 10.0. The molecular formula is C18H23N3O2. The number of urea groups is 1. The van der Waals surface area contributed by atoms with Gasteiger partial charge in [-0.1, -0.05) is 19.4 Å². The summed E-state index contributed by atoms with van der Waals surface area (Å²) in [7, 11) is 1.62. The number of aromatic nitrogens is 1. The van der Waals surface area contributed by atoms with Gasteiger partial charge >= 0.3 is 6.03 Å². The first-order valence-corrected chi connectivity index (χ1v) is 8.09. The summed E-state index contributed by atoms with van der Waals surface area (Å²) in [6, 6.07) is 11.7. The molecule has 23 heavy (non-hydrogen) atoms. The Bertz CT molecular complexity index is 680. The summed E-state index contributed by atoms with van der Waals surface area (Å²) >= 11 is 0. The Hall–Kier alpha value is -2.43. The molecule has 5 nitrogen and oxygen atoms in total. The van der Waals surface area contributed by atoms with Crippen molar-refractivity contribution in [3.63, 3.8) is 0 Å². The summed E-state index contributed by atoms with van der Waals surface area (Å²) in [6.45, 7) is 3.72. The van der Waals surface area contributed by atoms with Gasteiger partial charge in [0.15, 0.2) is 0 Å². The molecule has 0 fully saturated rings. The number of amides is 2. The van der Waals surface area contributed by atoms with E-state index in [1.54, 1.807) is 7.11 Å². The maximum atomic E-state index is 12.7. The van der Waals surface area contributed by atoms with Gasteiger partial charge in [-0.05, 0) is 30.7 Å². The number of ether oxygens (including phenoxy) is 1. The number of fused-ring (bicyclic) bond motifs is 1. The minimum atomic E-state index is -0.0517. The van der Waals surface area contributed by atoms with Gasteiger partial charge in [0.25, 0.3) is 0 Å². The van der Waals surface area contributed by atoms with Crippen molar-refractivity contribution in [1.82, 2.24) is 9.47 Å². The normalized spacial score (nSPS) is 16.8. The number of rotatable bonds is 4. The van der Waals surface area contributed by atoms with E-state index in [4.69, 9.17) is 4.74 Å². The zero-order valence-corrected chi connectivity index (χ0v) is 13.7. The zero-order chi connectivity index (χ0) is 16.2. The van der Waals surface area contributed by atoms with Crippen LogP contribution >= 0.6 is 0 Å². The molecule has 1 aromatic carbocycles. The minimum absolute atomic E-state index is 0.0517. The molecule has 0 aliphatic carbocycles. The number of carbonyl (C=O) groups excluding carboxylic acids is 1. The molecule has 0 unspecified atom stereocenters. The average Bonchev–Trinajstić information content (AvgIpc) is 3.04. The third-order valence-corrected chi connectivity index (χ3v) is 4.31. The summed E-state index contributed by atoms with van der Waals surface area (Å²) in [4.78, 5) is 14.7. The van der Waals surface area contributed by atoms with E-state index in [1.807, 2.05) is 29.2 Å². The number of hydrogen-bond donors (Lipinski definition) is 1. The van der Waals surface area contributed by atoms with E-state index in [0.717, 1.165) is 37.4 Å². The predicted octanol–water partition coefficient (Wildman–Crippen LogP) is 3.89. The fourth-order valence-electron chi connectivity index (χ4n) is 3.18. The number of nitrogens with zero attached hydrogens (tertiary/aromatic N) is 2. The molecule has 0 saturated carbocycles. The molecular weight excluding hydrogens is 290 g/mol. The monoisotopic (exact) mass is 313 g/mol. The van der Waals surface area contributed by atoms with Crippen LogP contribution in [0.3, 0.4) is 0 Å². The third kappa shape index (κ3) is 3.18. The molecule has 0 spiro atoms. The number of benzene rings is 1. The number of anilines is 1. The van der Waals surface area contributed by atoms with Crippen LogP contribution in [0.15, 0.2) is 42.6 Å². The van der Waals surface area contributed by atoms with Crippen LogP contribution in [0, 0.1) is 0 Å². The number of carbonyl (C=O) groups is 1. The maximum Gasteiger partial charge on any atom is 0.322 e. The molecule has 2 amide bonds. The van der Waals surface area contributed by atoms with E-state index >= 15 is 0 Å². The Morgan fingerprint density at radius 3 is 2.96 bits per heavy atom. The average molecular weight is 313 g/mol. The highest BCUT2D eigenvalue weighted by Gasteiger charge is 2.30. The second-order valence-electron chi connectivity index (χ2n) is 5.79. The Morgan fingerprint density at radius 2 is 2.17 bits per heavy atom. The molecule has 2 heterocycles. The lowest BCUT2D eigenvalue weighted by molar-refractivity contribution is 0.163. The van der Waals surface area contributed by atoms with Gasteiger partial charge in [-0.25, -0.2) is 4.79 Å². The van der Waals surface area contributed by atoms with Crippen LogP contribution < -0.4 is 10.1 Å². The molecule has 3 rings (SSSR count). The van der Waals surface area contributed by atoms with Crippen molar-refractivity contribution < 1.29 is 9.53 Å². The van der Waals surface area contributed by atoms with Gasteiger partial charge in [-0.15, -0.1) is 0 Å². The minimum Gasteiger partial charge on any atom is -0.497 e. The van der Waals surface area contributed by atoms with Crippen molar-refractivity contribution in [3.8, 4) is 5.75 Å². The topological polar surface area (TPSA) is 46.5 Å². The van der Waals surface area contributed by atoms with Crippen molar-refractivity contribution in [3.05, 3.63) is 48.3 Å². The second-order valence-corrected chi connectivity index (χ2v) is 5.79. The van der Waals surface area contributed by atoms with Gasteiger partial charge in [0, 0.05) is 36.7 Å². The first kappa shape index (κ1) is 15.5. The molecule has 1 N–H and O–H groups in total. The summed E-state index contributed by atoms with van der Waals surface area (Å²) in [5, 5.41) is 3.00. The molecule has 1 aromatic heterocycles. The summed E-state index contributed by atoms with van der Waals surface area (Å²) < 4.78 is 7.46. The zero-order valence-electron chi connectivity index (χ0n) is 13.7. The largest absolute Gasteiger partial charge is 0.497 e. The van der Waals surface area contributed by atoms with Crippen LogP contribution in [0.5, 0.6) is 5.75 Å². The molecule has 2 aromatic rings. The molecule has 122 valence electrons. The van der Waals surface area contributed by atoms with Crippen LogP contribution in [-0.2, 0) is 6.54 Å². The lowest BCUT2D eigenvalue weighted by Gasteiger charge is -2.37. The quantitative estimate of drug-likeness (QED) is 0.931. The third-order valence-electron chi connectivity index (χ3n) is 4.31. The van der Waals surface area contributed by atoms with Crippen molar-refractivity contribution in [2.75, 3.05) is 19.0 Å². The van der Waals surface area contributed by atoms with Gasteiger partial charge in [0.1, 0.15) is 5.75 Å². The van der Waals surface area contributed by atoms with Crippen LogP contribution in [-0.4, -0.2) is 29.2 Å². The standard InChI is InChI=1S/C18H23N3O2/c1-3-6-17-16-9-5-10-20(16)11-12-21(17)18(22)19-14-7-4-8-15(13-14)23-2/h4-5,7-10,13,17H,3,6,11-12H2,1-2H3,(H,19,22)/t17-/m1/s1. The number of nitrogens with one attached hydrogen (secondary N) is 1. The summed E-state index contributed by atoms with van der Waals surface area (Å²) in [5.41, 5.74) is 1.98. The van der Waals surface area contributed by atoms with Crippen LogP contribution in [0.25, 0.3) is 0 Å². The Morgan fingerprint density at radius 1 is 1.30 bits per heavy atom. The molecule has 1 aliphatic heterocycles. The summed E-state index contributed by atoms with van der Waals surface area (Å²) in [6.07, 6.45) is 4.10. The van der Waals surface area contributed by atoms with Crippen molar-refractivity contribution in [1.29, 1.82) is 0 Å². The van der Waals surface area contributed by atoms with Gasteiger partial charge < -0.3 is 19.5 Å². The molecule has 1 aliphatic rings. The fourth-order valence-corrected chi connectivity index (χ4v) is 3.18. The first-order chi connectivity index (χ1) is 11.2. The van der Waals surface area contributed by atoms with E-state index < -0.39 is 0 Å². The highest BCUT2D eigenvalue weighted by atomic mass is 16.5. The number of methoxy groups -OCH3 is 1. The highest BCUT2D eigenvalue weighted by molar-refractivity contribution is 5.89. The molecule has 1 atom stereocenters. The fraction of sp³-hybridized carbons (Fsp3) is 0.389. The van der Waals surface area contributed by atoms with Crippen molar-refractivity contribution >= 4 is 11.7 Å². The molecule has 5 heteroatoms. The number of hydrogen-bond acceptors (Lipinski definition) is 2. The molecule has 0 saturated heterocycles. The van der Waals surface area contributed by atoms with Gasteiger partial charge in [0.05, 0.1) is 13.2 Å². The van der Waals surface area contributed by atoms with E-state index in [0.29, 0.717) is 0 Å². The lowest BCUT2D eigenvalue weighted by Crippen LogP contribution is -2.44. The van der Waals surface area contributed by atoms with Crippen LogP contribution in [0.4, 0.5) is 10.5 Å². The van der Waals surface area contributed by atoms with Crippen molar-refractivity contribution in [2.45, 2.75) is 32.4 Å². The Labute approximate surface area is 136 Å². The van der Waals surface area contributed by atoms with Crippen LogP contribution in [0.1, 0.15) is 31.5 Å².